The fourth-order valence-electron chi connectivity index (χ4n) is 5.31. The van der Waals surface area contributed by atoms with Gasteiger partial charge in [0.1, 0.15) is 5.82 Å². The number of halogens is 3. The zero-order valence-corrected chi connectivity index (χ0v) is 20.3. The molecule has 3 rings (SSSR count). The van der Waals surface area contributed by atoms with Crippen molar-refractivity contribution in [3.63, 3.8) is 0 Å². The predicted molar refractivity (Wildman–Crippen MR) is 119 cm³/mol. The Bertz CT molecular complexity index is 665. The van der Waals surface area contributed by atoms with E-state index in [2.05, 4.69) is 39.9 Å². The van der Waals surface area contributed by atoms with Gasteiger partial charge in [-0.15, -0.1) is 0 Å². The molecule has 0 saturated heterocycles. The molecule has 0 aliphatic heterocycles. The maximum absolute atomic E-state index is 13.7. The third-order valence-electron chi connectivity index (χ3n) is 7.65. The van der Waals surface area contributed by atoms with Crippen molar-refractivity contribution < 1.29 is 8.82 Å². The summed E-state index contributed by atoms with van der Waals surface area (Å²) in [5.41, 5.74) is 1.25. The molecule has 1 aromatic carbocycles. The molecule has 2 aliphatic carbocycles. The van der Waals surface area contributed by atoms with E-state index in [1.165, 1.54) is 25.0 Å². The molecule has 0 amide bonds. The lowest BCUT2D eigenvalue weighted by Crippen LogP contribution is -2.41. The van der Waals surface area contributed by atoms with Crippen molar-refractivity contribution in [2.24, 2.45) is 17.3 Å². The number of rotatable bonds is 9. The second-order valence-corrected chi connectivity index (χ2v) is 14.8. The summed E-state index contributed by atoms with van der Waals surface area (Å²) in [6, 6.07) is 6.37. The molecule has 0 radical (unpaired) electrons. The van der Waals surface area contributed by atoms with Crippen LogP contribution >= 0.6 is 23.2 Å². The Morgan fingerprint density at radius 2 is 1.61 bits per heavy atom. The standard InChI is InChI=1S/C22H34Cl2FNOSi/c1-6-28(7-2,8-3)27-20(21-18(23)9-14(25)10-19(21)24)13-26-15-11-16-17(12-15)22(16,4)5/h9-10,15-17,20,26H,6-8,11-13H2,1-5H3/t15-,16-,17+,20?. The molecule has 158 valence electrons. The largest absolute Gasteiger partial charge is 0.409 e. The monoisotopic (exact) mass is 445 g/mol. The first-order valence-corrected chi connectivity index (χ1v) is 14.0. The number of fused-ring (bicyclic) bond motifs is 1. The number of benzene rings is 1. The van der Waals surface area contributed by atoms with E-state index in [9.17, 15) is 4.39 Å². The molecule has 0 bridgehead atoms. The molecular formula is C22H34Cl2FNOSi. The first kappa shape index (κ1) is 22.5. The fourth-order valence-corrected chi connectivity index (χ4v) is 8.82. The number of nitrogens with one attached hydrogen (secondary N) is 1. The summed E-state index contributed by atoms with van der Waals surface area (Å²) in [5.74, 6) is 1.28. The van der Waals surface area contributed by atoms with Gasteiger partial charge in [-0.2, -0.15) is 0 Å². The van der Waals surface area contributed by atoms with Crippen LogP contribution in [0.25, 0.3) is 0 Å². The van der Waals surface area contributed by atoms with E-state index in [1.807, 2.05) is 0 Å². The molecule has 2 aliphatic rings. The average molecular weight is 447 g/mol. The second kappa shape index (κ2) is 8.54. The van der Waals surface area contributed by atoms with Gasteiger partial charge in [0.15, 0.2) is 8.32 Å². The Hall–Kier alpha value is -0.133. The van der Waals surface area contributed by atoms with Crippen molar-refractivity contribution in [2.75, 3.05) is 6.54 Å². The highest BCUT2D eigenvalue weighted by molar-refractivity contribution is 6.73. The van der Waals surface area contributed by atoms with Crippen LogP contribution in [-0.2, 0) is 4.43 Å². The van der Waals surface area contributed by atoms with Crippen molar-refractivity contribution in [1.29, 1.82) is 0 Å². The molecular weight excluding hydrogens is 412 g/mol. The smallest absolute Gasteiger partial charge is 0.192 e. The Morgan fingerprint density at radius 1 is 1.11 bits per heavy atom. The van der Waals surface area contributed by atoms with Crippen LogP contribution in [0.15, 0.2) is 12.1 Å². The van der Waals surface area contributed by atoms with E-state index < -0.39 is 14.1 Å². The SMILES string of the molecule is CC[Si](CC)(CC)OC(CN[C@@H]1C[C@@H]2[C@H](C1)C2(C)C)c1c(Cl)cc(F)cc1Cl. The van der Waals surface area contributed by atoms with Crippen LogP contribution in [0.1, 0.15) is 59.1 Å². The van der Waals surface area contributed by atoms with Gasteiger partial charge in [0, 0.05) is 18.2 Å². The van der Waals surface area contributed by atoms with Gasteiger partial charge in [-0.1, -0.05) is 57.8 Å². The highest BCUT2D eigenvalue weighted by atomic mass is 35.5. The minimum absolute atomic E-state index is 0.239. The van der Waals surface area contributed by atoms with E-state index in [-0.39, 0.29) is 6.10 Å². The van der Waals surface area contributed by atoms with E-state index in [0.717, 1.165) is 35.5 Å². The normalized spacial score (nSPS) is 26.9. The third kappa shape index (κ3) is 4.32. The van der Waals surface area contributed by atoms with Crippen LogP contribution in [0, 0.1) is 23.1 Å². The maximum atomic E-state index is 13.7. The molecule has 1 aromatic rings. The van der Waals surface area contributed by atoms with Crippen molar-refractivity contribution >= 4 is 31.5 Å². The minimum atomic E-state index is -1.88. The summed E-state index contributed by atoms with van der Waals surface area (Å²) in [6.45, 7) is 12.1. The Labute approximate surface area is 180 Å². The summed E-state index contributed by atoms with van der Waals surface area (Å²) in [6.07, 6.45) is 2.22. The molecule has 2 saturated carbocycles. The molecule has 0 spiro atoms. The van der Waals surface area contributed by atoms with Gasteiger partial charge in [0.25, 0.3) is 0 Å². The van der Waals surface area contributed by atoms with Crippen molar-refractivity contribution in [3.8, 4) is 0 Å². The van der Waals surface area contributed by atoms with Gasteiger partial charge in [0.2, 0.25) is 0 Å². The van der Waals surface area contributed by atoms with Crippen molar-refractivity contribution in [3.05, 3.63) is 33.6 Å². The minimum Gasteiger partial charge on any atom is -0.409 e. The van der Waals surface area contributed by atoms with Crippen LogP contribution in [0.2, 0.25) is 28.2 Å². The van der Waals surface area contributed by atoms with Gasteiger partial charge < -0.3 is 9.74 Å². The Kier molecular flexibility index (Phi) is 6.88. The lowest BCUT2D eigenvalue weighted by atomic mass is 9.97. The number of hydrogen-bond acceptors (Lipinski definition) is 2. The summed E-state index contributed by atoms with van der Waals surface area (Å²) < 4.78 is 20.5. The number of hydrogen-bond donors (Lipinski definition) is 1. The predicted octanol–water partition coefficient (Wildman–Crippen LogP) is 7.22. The van der Waals surface area contributed by atoms with E-state index in [4.69, 9.17) is 27.6 Å². The maximum Gasteiger partial charge on any atom is 0.192 e. The van der Waals surface area contributed by atoms with Crippen LogP contribution < -0.4 is 5.32 Å². The summed E-state index contributed by atoms with van der Waals surface area (Å²) in [5, 5.41) is 4.45. The van der Waals surface area contributed by atoms with E-state index in [0.29, 0.717) is 28.0 Å². The van der Waals surface area contributed by atoms with Crippen LogP contribution in [0.3, 0.4) is 0 Å². The molecule has 1 N–H and O–H groups in total. The highest BCUT2D eigenvalue weighted by Gasteiger charge is 2.61. The zero-order valence-electron chi connectivity index (χ0n) is 17.7. The lowest BCUT2D eigenvalue weighted by molar-refractivity contribution is 0.179. The van der Waals surface area contributed by atoms with E-state index in [1.54, 1.807) is 0 Å². The first-order valence-electron chi connectivity index (χ1n) is 10.7. The van der Waals surface area contributed by atoms with Crippen LogP contribution in [0.5, 0.6) is 0 Å². The third-order valence-corrected chi connectivity index (χ3v) is 12.9. The molecule has 6 heteroatoms. The van der Waals surface area contributed by atoms with Gasteiger partial charge in [0.05, 0.1) is 16.1 Å². The van der Waals surface area contributed by atoms with Crippen LogP contribution in [0.4, 0.5) is 4.39 Å². The molecule has 0 aromatic heterocycles. The molecule has 2 nitrogen and oxygen atoms in total. The summed E-state index contributed by atoms with van der Waals surface area (Å²) in [4.78, 5) is 0. The molecule has 28 heavy (non-hydrogen) atoms. The molecule has 4 atom stereocenters. The van der Waals surface area contributed by atoms with Crippen molar-refractivity contribution in [2.45, 2.75) is 77.7 Å². The van der Waals surface area contributed by atoms with E-state index >= 15 is 0 Å². The van der Waals surface area contributed by atoms with Gasteiger partial charge in [-0.05, 0) is 60.4 Å². The van der Waals surface area contributed by atoms with Gasteiger partial charge >= 0.3 is 0 Å². The quantitative estimate of drug-likeness (QED) is 0.404. The van der Waals surface area contributed by atoms with Gasteiger partial charge in [-0.25, -0.2) is 4.39 Å². The molecule has 0 heterocycles. The Morgan fingerprint density at radius 3 is 2.07 bits per heavy atom. The summed E-state index contributed by atoms with van der Waals surface area (Å²) in [7, 11) is -1.88. The summed E-state index contributed by atoms with van der Waals surface area (Å²) >= 11 is 12.9. The Balaban J connectivity index is 1.77. The first-order chi connectivity index (χ1) is 13.2. The molecule has 2 fully saturated rings. The molecule has 1 unspecified atom stereocenters. The fraction of sp³-hybridized carbons (Fsp3) is 0.727. The van der Waals surface area contributed by atoms with Crippen molar-refractivity contribution in [1.82, 2.24) is 5.32 Å². The topological polar surface area (TPSA) is 21.3 Å². The highest BCUT2D eigenvalue weighted by Crippen LogP contribution is 2.66. The lowest BCUT2D eigenvalue weighted by Gasteiger charge is -2.35. The van der Waals surface area contributed by atoms with Crippen LogP contribution in [-0.4, -0.2) is 20.9 Å². The second-order valence-electron chi connectivity index (χ2n) is 9.24. The van der Waals surface area contributed by atoms with Gasteiger partial charge in [-0.3, -0.25) is 0 Å². The average Bonchev–Trinajstić information content (AvgIpc) is 2.99. The zero-order chi connectivity index (χ0) is 20.7.